The molecule has 2 aliphatic rings. The minimum absolute atomic E-state index is 0.732. The molecule has 1 atom stereocenters. The maximum Gasteiger partial charge on any atom is 0.193 e. The van der Waals surface area contributed by atoms with Gasteiger partial charge in [0, 0.05) is 58.4 Å². The van der Waals surface area contributed by atoms with E-state index in [2.05, 4.69) is 38.0 Å². The zero-order valence-electron chi connectivity index (χ0n) is 19.2. The van der Waals surface area contributed by atoms with Gasteiger partial charge < -0.3 is 24.6 Å². The first-order valence-corrected chi connectivity index (χ1v) is 11.3. The van der Waals surface area contributed by atoms with Gasteiger partial charge >= 0.3 is 0 Å². The van der Waals surface area contributed by atoms with Crippen LogP contribution in [-0.2, 0) is 6.54 Å². The van der Waals surface area contributed by atoms with E-state index in [1.54, 1.807) is 14.2 Å². The summed E-state index contributed by atoms with van der Waals surface area (Å²) in [4.78, 5) is 12.0. The van der Waals surface area contributed by atoms with Gasteiger partial charge in [0.1, 0.15) is 11.5 Å². The molecule has 2 heterocycles. The van der Waals surface area contributed by atoms with Crippen LogP contribution >= 0.6 is 0 Å². The molecule has 0 amide bonds. The Kier molecular flexibility index (Phi) is 8.63. The van der Waals surface area contributed by atoms with Crippen LogP contribution < -0.4 is 14.8 Å². The molecule has 1 aromatic rings. The molecule has 0 bridgehead atoms. The number of hydrogen-bond donors (Lipinski definition) is 1. The topological polar surface area (TPSA) is 52.6 Å². The van der Waals surface area contributed by atoms with Crippen molar-refractivity contribution in [3.05, 3.63) is 23.8 Å². The van der Waals surface area contributed by atoms with Crippen LogP contribution in [0.1, 0.15) is 25.3 Å². The van der Waals surface area contributed by atoms with E-state index in [9.17, 15) is 0 Å². The largest absolute Gasteiger partial charge is 0.497 e. The van der Waals surface area contributed by atoms with Gasteiger partial charge in [0.2, 0.25) is 0 Å². The fraction of sp³-hybridized carbons (Fsp3) is 0.696. The van der Waals surface area contributed by atoms with Crippen molar-refractivity contribution < 1.29 is 9.47 Å². The maximum absolute atomic E-state index is 5.54. The molecule has 2 aliphatic heterocycles. The number of benzene rings is 1. The summed E-state index contributed by atoms with van der Waals surface area (Å²) in [6, 6.07) is 6.01. The predicted molar refractivity (Wildman–Crippen MR) is 123 cm³/mol. The highest BCUT2D eigenvalue weighted by Gasteiger charge is 2.24. The Morgan fingerprint density at radius 3 is 2.57 bits per heavy atom. The van der Waals surface area contributed by atoms with Crippen LogP contribution in [0.3, 0.4) is 0 Å². The number of rotatable bonds is 8. The second-order valence-electron chi connectivity index (χ2n) is 8.32. The van der Waals surface area contributed by atoms with Gasteiger partial charge in [-0.05, 0) is 50.0 Å². The summed E-state index contributed by atoms with van der Waals surface area (Å²) in [6.45, 7) is 11.8. The SMILES string of the molecule is CCCN1CCC(CNC(=NC)N2CCN(Cc3cc(OC)ccc3OC)CC2)C1. The standard InChI is InChI=1S/C23H39N5O2/c1-5-9-26-10-8-19(17-26)16-25-23(24-2)28-13-11-27(12-14-28)18-20-15-21(29-3)6-7-22(20)30-4/h6-7,15,19H,5,8-14,16-18H2,1-4H3,(H,24,25). The minimum Gasteiger partial charge on any atom is -0.497 e. The minimum atomic E-state index is 0.732. The number of ether oxygens (including phenoxy) is 2. The summed E-state index contributed by atoms with van der Waals surface area (Å²) in [5.41, 5.74) is 1.17. The average Bonchev–Trinajstić information content (AvgIpc) is 3.23. The number of piperazine rings is 1. The lowest BCUT2D eigenvalue weighted by molar-refractivity contribution is 0.170. The predicted octanol–water partition coefficient (Wildman–Crippen LogP) is 2.13. The Morgan fingerprint density at radius 1 is 1.10 bits per heavy atom. The third kappa shape index (κ3) is 6.01. The van der Waals surface area contributed by atoms with Gasteiger partial charge in [-0.15, -0.1) is 0 Å². The highest BCUT2D eigenvalue weighted by Crippen LogP contribution is 2.25. The number of methoxy groups -OCH3 is 2. The molecular formula is C23H39N5O2. The van der Waals surface area contributed by atoms with Gasteiger partial charge in [-0.3, -0.25) is 9.89 Å². The van der Waals surface area contributed by atoms with E-state index in [1.165, 1.54) is 38.0 Å². The van der Waals surface area contributed by atoms with Crippen molar-refractivity contribution in [1.29, 1.82) is 0 Å². The van der Waals surface area contributed by atoms with E-state index in [0.29, 0.717) is 0 Å². The first kappa shape index (κ1) is 22.7. The second-order valence-corrected chi connectivity index (χ2v) is 8.32. The number of nitrogens with one attached hydrogen (secondary N) is 1. The molecule has 0 aromatic heterocycles. The molecule has 0 saturated carbocycles. The van der Waals surface area contributed by atoms with Crippen LogP contribution in [0.5, 0.6) is 11.5 Å². The Hall–Kier alpha value is -1.99. The lowest BCUT2D eigenvalue weighted by atomic mass is 10.1. The Balaban J connectivity index is 1.46. The Labute approximate surface area is 182 Å². The van der Waals surface area contributed by atoms with Crippen LogP contribution in [-0.4, -0.2) is 94.3 Å². The third-order valence-electron chi connectivity index (χ3n) is 6.22. The van der Waals surface area contributed by atoms with E-state index in [1.807, 2.05) is 19.2 Å². The molecule has 0 spiro atoms. The molecule has 1 aromatic carbocycles. The van der Waals surface area contributed by atoms with Gasteiger partial charge in [0.25, 0.3) is 0 Å². The summed E-state index contributed by atoms with van der Waals surface area (Å²) < 4.78 is 10.9. The van der Waals surface area contributed by atoms with E-state index in [-0.39, 0.29) is 0 Å². The van der Waals surface area contributed by atoms with E-state index >= 15 is 0 Å². The van der Waals surface area contributed by atoms with Crippen molar-refractivity contribution in [3.8, 4) is 11.5 Å². The van der Waals surface area contributed by atoms with E-state index in [4.69, 9.17) is 9.47 Å². The van der Waals surface area contributed by atoms with Crippen molar-refractivity contribution in [2.45, 2.75) is 26.3 Å². The fourth-order valence-electron chi connectivity index (χ4n) is 4.53. The quantitative estimate of drug-likeness (QED) is 0.517. The summed E-state index contributed by atoms with van der Waals surface area (Å²) >= 11 is 0. The fourth-order valence-corrected chi connectivity index (χ4v) is 4.53. The number of hydrogen-bond acceptors (Lipinski definition) is 5. The third-order valence-corrected chi connectivity index (χ3v) is 6.22. The molecule has 7 heteroatoms. The summed E-state index contributed by atoms with van der Waals surface area (Å²) in [6.07, 6.45) is 2.54. The van der Waals surface area contributed by atoms with E-state index in [0.717, 1.165) is 62.6 Å². The van der Waals surface area contributed by atoms with Gasteiger partial charge in [-0.25, -0.2) is 0 Å². The Morgan fingerprint density at radius 2 is 1.90 bits per heavy atom. The summed E-state index contributed by atoms with van der Waals surface area (Å²) in [7, 11) is 5.33. The normalized spacial score (nSPS) is 21.1. The maximum atomic E-state index is 5.54. The van der Waals surface area contributed by atoms with Crippen molar-refractivity contribution in [1.82, 2.24) is 20.0 Å². The van der Waals surface area contributed by atoms with Crippen LogP contribution in [0.15, 0.2) is 23.2 Å². The summed E-state index contributed by atoms with van der Waals surface area (Å²) in [5.74, 6) is 3.57. The van der Waals surface area contributed by atoms with Crippen molar-refractivity contribution in [2.24, 2.45) is 10.9 Å². The number of likely N-dealkylation sites (tertiary alicyclic amines) is 1. The van der Waals surface area contributed by atoms with Crippen molar-refractivity contribution >= 4 is 5.96 Å². The molecule has 7 nitrogen and oxygen atoms in total. The number of aliphatic imine (C=N–C) groups is 1. The lowest BCUT2D eigenvalue weighted by Gasteiger charge is -2.37. The van der Waals surface area contributed by atoms with Crippen LogP contribution in [0.4, 0.5) is 0 Å². The first-order valence-electron chi connectivity index (χ1n) is 11.3. The number of nitrogens with zero attached hydrogens (tertiary/aromatic N) is 4. The van der Waals surface area contributed by atoms with Crippen LogP contribution in [0.2, 0.25) is 0 Å². The van der Waals surface area contributed by atoms with Crippen LogP contribution in [0.25, 0.3) is 0 Å². The zero-order valence-corrected chi connectivity index (χ0v) is 19.2. The Bertz CT molecular complexity index is 688. The second kappa shape index (κ2) is 11.4. The van der Waals surface area contributed by atoms with Crippen molar-refractivity contribution in [2.75, 3.05) is 73.6 Å². The molecule has 0 aliphatic carbocycles. The molecule has 168 valence electrons. The van der Waals surface area contributed by atoms with Gasteiger partial charge in [0.05, 0.1) is 14.2 Å². The molecular weight excluding hydrogens is 378 g/mol. The monoisotopic (exact) mass is 417 g/mol. The van der Waals surface area contributed by atoms with Gasteiger partial charge in [0.15, 0.2) is 5.96 Å². The van der Waals surface area contributed by atoms with E-state index < -0.39 is 0 Å². The lowest BCUT2D eigenvalue weighted by Crippen LogP contribution is -2.52. The van der Waals surface area contributed by atoms with Crippen molar-refractivity contribution in [3.63, 3.8) is 0 Å². The summed E-state index contributed by atoms with van der Waals surface area (Å²) in [5, 5.41) is 3.64. The van der Waals surface area contributed by atoms with Gasteiger partial charge in [-0.2, -0.15) is 0 Å². The zero-order chi connectivity index (χ0) is 21.3. The molecule has 30 heavy (non-hydrogen) atoms. The average molecular weight is 418 g/mol. The smallest absolute Gasteiger partial charge is 0.193 e. The highest BCUT2D eigenvalue weighted by atomic mass is 16.5. The molecule has 1 unspecified atom stereocenters. The first-order chi connectivity index (χ1) is 14.7. The highest BCUT2D eigenvalue weighted by molar-refractivity contribution is 5.80. The van der Waals surface area contributed by atoms with Gasteiger partial charge in [-0.1, -0.05) is 6.92 Å². The molecule has 0 radical (unpaired) electrons. The molecule has 2 fully saturated rings. The molecule has 3 rings (SSSR count). The molecule has 2 saturated heterocycles. The number of guanidine groups is 1. The molecule has 1 N–H and O–H groups in total. The van der Waals surface area contributed by atoms with Crippen LogP contribution in [0, 0.1) is 5.92 Å².